The van der Waals surface area contributed by atoms with Crippen LogP contribution < -0.4 is 34.9 Å². The van der Waals surface area contributed by atoms with Gasteiger partial charge in [-0.2, -0.15) is 8.42 Å². The van der Waals surface area contributed by atoms with Crippen molar-refractivity contribution in [3.8, 4) is 0 Å². The predicted octanol–water partition coefficient (Wildman–Crippen LogP) is -4.11. The van der Waals surface area contributed by atoms with Gasteiger partial charge in [-0.3, -0.25) is 24.0 Å². The van der Waals surface area contributed by atoms with E-state index in [1.807, 2.05) is 0 Å². The molecule has 0 aromatic heterocycles. The fraction of sp³-hybridized carbons (Fsp3) is 0.500. The Bertz CT molecular complexity index is 268. The Balaban J connectivity index is -0.000000159. The van der Waals surface area contributed by atoms with Crippen molar-refractivity contribution in [3.63, 3.8) is 0 Å². The van der Waals surface area contributed by atoms with E-state index in [0.717, 1.165) is 0 Å². The van der Waals surface area contributed by atoms with Crippen LogP contribution in [0.2, 0.25) is 0 Å². The normalized spacial score (nSPS) is 15.2. The van der Waals surface area contributed by atoms with E-state index in [1.54, 1.807) is 0 Å². The Labute approximate surface area is 98.2 Å². The van der Waals surface area contributed by atoms with Crippen molar-refractivity contribution in [1.82, 2.24) is 5.32 Å². The Morgan fingerprint density at radius 2 is 1.38 bits per heavy atom. The Morgan fingerprint density at radius 3 is 1.46 bits per heavy atom. The van der Waals surface area contributed by atoms with E-state index in [4.69, 9.17) is 17.5 Å². The van der Waals surface area contributed by atoms with Crippen molar-refractivity contribution >= 4 is 22.2 Å². The molecule has 0 bridgehead atoms. The number of carbonyl (C=O) groups is 2. The largest absolute Gasteiger partial charge is 1.00 e. The predicted molar refractivity (Wildman–Crippen MR) is 37.7 cm³/mol. The van der Waals surface area contributed by atoms with Gasteiger partial charge in [0.25, 0.3) is 0 Å². The molecular weight excluding hydrogens is 213 g/mol. The zero-order valence-corrected chi connectivity index (χ0v) is 9.67. The van der Waals surface area contributed by atoms with Gasteiger partial charge in [0, 0.05) is 12.8 Å². The first kappa shape index (κ1) is 15.5. The molecule has 1 rings (SSSR count). The van der Waals surface area contributed by atoms with Gasteiger partial charge >= 0.3 is 40.0 Å². The molecule has 1 heterocycles. The molecule has 9 heteroatoms. The van der Waals surface area contributed by atoms with E-state index in [0.29, 0.717) is 12.8 Å². The maximum Gasteiger partial charge on any atom is 1.00 e. The third-order valence-electron chi connectivity index (χ3n) is 0.858. The average Bonchev–Trinajstić information content (AvgIpc) is 2.09. The van der Waals surface area contributed by atoms with Crippen LogP contribution in [0.15, 0.2) is 0 Å². The molecule has 0 unspecified atom stereocenters. The fourth-order valence-corrected chi connectivity index (χ4v) is 0.508. The van der Waals surface area contributed by atoms with E-state index < -0.39 is 10.4 Å². The minimum Gasteiger partial charge on any atom is -1.00 e. The van der Waals surface area contributed by atoms with Crippen LogP contribution in [-0.2, 0) is 20.0 Å². The molecule has 1 aliphatic rings. The minimum atomic E-state index is -4.67. The minimum absolute atomic E-state index is 0. The molecule has 0 spiro atoms. The molecule has 1 aliphatic heterocycles. The number of carbonyl (C=O) groups excluding carboxylic acids is 2. The van der Waals surface area contributed by atoms with Crippen LogP contribution in [0.3, 0.4) is 0 Å². The Hall–Kier alpha value is 0.01000. The quantitative estimate of drug-likeness (QED) is 0.217. The smallest absolute Gasteiger partial charge is 1.00 e. The molecule has 0 radical (unpaired) electrons. The first-order valence-electron chi connectivity index (χ1n) is 2.81. The summed E-state index contributed by atoms with van der Waals surface area (Å²) < 4.78 is 31.6. The van der Waals surface area contributed by atoms with Crippen molar-refractivity contribution in [1.29, 1.82) is 0 Å². The number of hydrogen-bond acceptors (Lipinski definition) is 4. The Kier molecular flexibility index (Phi) is 7.69. The maximum absolute atomic E-state index is 10.1. The monoisotopic (exact) mass is 221 g/mol. The molecule has 1 saturated heterocycles. The van der Waals surface area contributed by atoms with Gasteiger partial charge in [-0.25, -0.2) is 0 Å². The van der Waals surface area contributed by atoms with Crippen LogP contribution in [0.1, 0.15) is 14.3 Å². The molecule has 0 aromatic carbocycles. The second-order valence-corrected chi connectivity index (χ2v) is 2.81. The number of amides is 2. The average molecular weight is 221 g/mol. The van der Waals surface area contributed by atoms with Crippen LogP contribution in [0.25, 0.3) is 0 Å². The van der Waals surface area contributed by atoms with Gasteiger partial charge in [0.05, 0.1) is 0 Å². The topological polar surface area (TPSA) is 121 Å². The van der Waals surface area contributed by atoms with Gasteiger partial charge in [-0.1, -0.05) is 0 Å². The van der Waals surface area contributed by atoms with Gasteiger partial charge < -0.3 is 1.43 Å². The third kappa shape index (κ3) is 14.8. The fourth-order valence-electron chi connectivity index (χ4n) is 0.508. The van der Waals surface area contributed by atoms with Crippen molar-refractivity contribution in [3.05, 3.63) is 0 Å². The summed E-state index contributed by atoms with van der Waals surface area (Å²) in [4.78, 5) is 20.2. The van der Waals surface area contributed by atoms with E-state index in [2.05, 4.69) is 5.32 Å². The summed E-state index contributed by atoms with van der Waals surface area (Å²) in [5.41, 5.74) is 0. The molecule has 3 N–H and O–H groups in total. The number of nitrogens with one attached hydrogen (secondary N) is 1. The first-order chi connectivity index (χ1) is 5.29. The standard InChI is InChI=1S/C4H5NO2.Na.H2O4S.H/c6-3-1-2-4(7)5-3;;1-5(2,3)4;/h1-2H2,(H,5,6,7);;(H2,1,2,3,4);/q;+1;;-1. The zero-order valence-electron chi connectivity index (χ0n) is 7.85. The molecule has 13 heavy (non-hydrogen) atoms. The summed E-state index contributed by atoms with van der Waals surface area (Å²) in [6, 6.07) is 0. The molecule has 0 atom stereocenters. The molecule has 2 amide bonds. The number of imide groups is 1. The van der Waals surface area contributed by atoms with Crippen molar-refractivity contribution in [2.24, 2.45) is 0 Å². The molecule has 1 fully saturated rings. The van der Waals surface area contributed by atoms with Crippen LogP contribution in [0, 0.1) is 0 Å². The second-order valence-electron chi connectivity index (χ2n) is 1.92. The van der Waals surface area contributed by atoms with Crippen molar-refractivity contribution < 1.29 is 58.1 Å². The number of hydrogen-bond donors (Lipinski definition) is 3. The van der Waals surface area contributed by atoms with Crippen LogP contribution in [0.5, 0.6) is 0 Å². The first-order valence-corrected chi connectivity index (χ1v) is 4.21. The van der Waals surface area contributed by atoms with Gasteiger partial charge in [0.2, 0.25) is 11.8 Å². The van der Waals surface area contributed by atoms with Crippen molar-refractivity contribution in [2.75, 3.05) is 0 Å². The summed E-state index contributed by atoms with van der Waals surface area (Å²) in [6.45, 7) is 0. The summed E-state index contributed by atoms with van der Waals surface area (Å²) in [5, 5.41) is 2.14. The second kappa shape index (κ2) is 6.46. The van der Waals surface area contributed by atoms with Crippen LogP contribution >= 0.6 is 0 Å². The molecule has 0 aliphatic carbocycles. The van der Waals surface area contributed by atoms with Gasteiger partial charge in [0.1, 0.15) is 0 Å². The summed E-state index contributed by atoms with van der Waals surface area (Å²) in [5.74, 6) is -0.296. The molecule has 72 valence electrons. The molecule has 7 nitrogen and oxygen atoms in total. The SMILES string of the molecule is O=C1CCC(=O)N1.O=S(=O)(O)O.[H-].[Na+]. The van der Waals surface area contributed by atoms with Gasteiger partial charge in [0.15, 0.2) is 0 Å². The van der Waals surface area contributed by atoms with E-state index >= 15 is 0 Å². The van der Waals surface area contributed by atoms with Crippen molar-refractivity contribution in [2.45, 2.75) is 12.8 Å². The van der Waals surface area contributed by atoms with Crippen LogP contribution in [0.4, 0.5) is 0 Å². The Morgan fingerprint density at radius 1 is 1.15 bits per heavy atom. The van der Waals surface area contributed by atoms with E-state index in [-0.39, 0.29) is 42.8 Å². The zero-order chi connectivity index (χ0) is 9.78. The number of rotatable bonds is 0. The third-order valence-corrected chi connectivity index (χ3v) is 0.858. The maximum atomic E-state index is 10.1. The van der Waals surface area contributed by atoms with E-state index in [1.165, 1.54) is 0 Å². The van der Waals surface area contributed by atoms with Gasteiger partial charge in [-0.15, -0.1) is 0 Å². The summed E-state index contributed by atoms with van der Waals surface area (Å²) in [7, 11) is -4.67. The van der Waals surface area contributed by atoms with E-state index in [9.17, 15) is 9.59 Å². The molecule has 0 saturated carbocycles. The summed E-state index contributed by atoms with van der Waals surface area (Å²) >= 11 is 0. The molecule has 0 aromatic rings. The van der Waals surface area contributed by atoms with Gasteiger partial charge in [-0.05, 0) is 0 Å². The molecular formula is C4H8NNaO6S. The van der Waals surface area contributed by atoms with Crippen LogP contribution in [-0.4, -0.2) is 29.3 Å². The summed E-state index contributed by atoms with van der Waals surface area (Å²) in [6.07, 6.45) is 0.748.